The number of allylic oxidation sites excluding steroid dienone is 1. The molecule has 1 aliphatic rings. The molecular formula is C26H28N4O2S. The number of aromatic nitrogens is 3. The van der Waals surface area contributed by atoms with E-state index in [4.69, 9.17) is 14.8 Å². The van der Waals surface area contributed by atoms with Gasteiger partial charge in [0.15, 0.2) is 0 Å². The van der Waals surface area contributed by atoms with Gasteiger partial charge in [0.2, 0.25) is 11.1 Å². The zero-order chi connectivity index (χ0) is 23.4. The monoisotopic (exact) mass is 460 g/mol. The van der Waals surface area contributed by atoms with Crippen molar-refractivity contribution in [2.45, 2.75) is 43.6 Å². The van der Waals surface area contributed by atoms with Gasteiger partial charge >= 0.3 is 5.97 Å². The number of nitrogens with one attached hydrogen (secondary N) is 1. The quantitative estimate of drug-likeness (QED) is 0.264. The van der Waals surface area contributed by atoms with Gasteiger partial charge in [-0.2, -0.15) is 4.98 Å². The Hall–Kier alpha value is -3.32. The van der Waals surface area contributed by atoms with Crippen LogP contribution in [0.4, 0.5) is 5.95 Å². The zero-order valence-corrected chi connectivity index (χ0v) is 19.9. The summed E-state index contributed by atoms with van der Waals surface area (Å²) in [5, 5.41) is 8.67. The molecule has 7 heteroatoms. The maximum Gasteiger partial charge on any atom is 0.338 e. The minimum absolute atomic E-state index is 0.150. The van der Waals surface area contributed by atoms with Crippen molar-refractivity contribution in [3.63, 3.8) is 0 Å². The number of esters is 1. The molecule has 0 fully saturated rings. The van der Waals surface area contributed by atoms with E-state index in [1.807, 2.05) is 25.1 Å². The first-order chi connectivity index (χ1) is 16.0. The van der Waals surface area contributed by atoms with Gasteiger partial charge in [0.25, 0.3) is 0 Å². The third-order valence-corrected chi connectivity index (χ3v) is 6.42. The molecule has 0 saturated heterocycles. The fourth-order valence-electron chi connectivity index (χ4n) is 3.76. The number of fused-ring (bicyclic) bond motifs is 1. The number of thioether (sulfide) groups is 1. The number of hydrogen-bond acceptors (Lipinski definition) is 6. The molecule has 1 aliphatic heterocycles. The molecule has 0 aliphatic carbocycles. The molecule has 0 amide bonds. The molecule has 3 aromatic rings. The first-order valence-corrected chi connectivity index (χ1v) is 12.0. The zero-order valence-electron chi connectivity index (χ0n) is 19.1. The second-order valence-corrected chi connectivity index (χ2v) is 9.15. The summed E-state index contributed by atoms with van der Waals surface area (Å²) in [6, 6.07) is 18.1. The van der Waals surface area contributed by atoms with E-state index in [2.05, 4.69) is 62.1 Å². The van der Waals surface area contributed by atoms with Gasteiger partial charge in [-0.25, -0.2) is 9.48 Å². The highest BCUT2D eigenvalue weighted by Gasteiger charge is 2.35. The molecule has 0 spiro atoms. The summed E-state index contributed by atoms with van der Waals surface area (Å²) in [7, 11) is 0. The molecule has 0 bridgehead atoms. The highest BCUT2D eigenvalue weighted by molar-refractivity contribution is 7.98. The van der Waals surface area contributed by atoms with Crippen molar-refractivity contribution in [3.05, 3.63) is 95.2 Å². The lowest BCUT2D eigenvalue weighted by molar-refractivity contribution is -0.138. The average Bonchev–Trinajstić information content (AvgIpc) is 3.23. The first-order valence-electron chi connectivity index (χ1n) is 11.0. The summed E-state index contributed by atoms with van der Waals surface area (Å²) < 4.78 is 7.21. The molecule has 1 N–H and O–H groups in total. The standard InChI is InChI=1S/C26H28N4O2S/c1-5-15-32-24(31)22-18(4)27-25-28-26(33-16-19-9-7-6-8-10-19)29-30(25)23(22)21-13-11-20(12-14-21)17(2)3/h5-14,17,23H,1,15-16H2,2-4H3,(H,27,28,29). The number of rotatable bonds is 8. The van der Waals surface area contributed by atoms with E-state index < -0.39 is 12.0 Å². The van der Waals surface area contributed by atoms with Crippen LogP contribution in [-0.2, 0) is 15.3 Å². The summed E-state index contributed by atoms with van der Waals surface area (Å²) in [5.41, 5.74) is 4.62. The van der Waals surface area contributed by atoms with E-state index in [1.54, 1.807) is 22.5 Å². The third-order valence-electron chi connectivity index (χ3n) is 5.51. The van der Waals surface area contributed by atoms with E-state index >= 15 is 0 Å². The highest BCUT2D eigenvalue weighted by Crippen LogP contribution is 2.37. The molecule has 0 radical (unpaired) electrons. The molecule has 2 heterocycles. The van der Waals surface area contributed by atoms with Crippen LogP contribution < -0.4 is 5.32 Å². The fraction of sp³-hybridized carbons (Fsp3) is 0.269. The normalized spacial score (nSPS) is 15.2. The molecule has 0 saturated carbocycles. The minimum Gasteiger partial charge on any atom is -0.458 e. The van der Waals surface area contributed by atoms with Crippen molar-refractivity contribution >= 4 is 23.7 Å². The molecular weight excluding hydrogens is 432 g/mol. The Balaban J connectivity index is 1.69. The lowest BCUT2D eigenvalue weighted by atomic mass is 9.93. The average molecular weight is 461 g/mol. The van der Waals surface area contributed by atoms with E-state index in [9.17, 15) is 4.79 Å². The van der Waals surface area contributed by atoms with Gasteiger partial charge in [-0.15, -0.1) is 5.10 Å². The Bertz CT molecular complexity index is 1170. The van der Waals surface area contributed by atoms with Crippen molar-refractivity contribution < 1.29 is 9.53 Å². The van der Waals surface area contributed by atoms with Crippen molar-refractivity contribution in [2.75, 3.05) is 11.9 Å². The largest absolute Gasteiger partial charge is 0.458 e. The van der Waals surface area contributed by atoms with Gasteiger partial charge in [-0.05, 0) is 29.5 Å². The van der Waals surface area contributed by atoms with E-state index in [0.717, 1.165) is 11.3 Å². The summed E-state index contributed by atoms with van der Waals surface area (Å²) in [6.45, 7) is 9.99. The van der Waals surface area contributed by atoms with Gasteiger partial charge in [0.1, 0.15) is 12.6 Å². The van der Waals surface area contributed by atoms with Crippen molar-refractivity contribution in [1.82, 2.24) is 14.8 Å². The van der Waals surface area contributed by atoms with Crippen LogP contribution in [0.25, 0.3) is 0 Å². The lowest BCUT2D eigenvalue weighted by Gasteiger charge is -2.28. The predicted octanol–water partition coefficient (Wildman–Crippen LogP) is 5.71. The summed E-state index contributed by atoms with van der Waals surface area (Å²) >= 11 is 1.56. The molecule has 2 aromatic carbocycles. The number of anilines is 1. The van der Waals surface area contributed by atoms with E-state index in [0.29, 0.717) is 28.3 Å². The SMILES string of the molecule is C=CCOC(=O)C1=C(C)Nc2nc(SCc3ccccc3)nn2C1c1ccc(C(C)C)cc1. The van der Waals surface area contributed by atoms with Gasteiger partial charge in [-0.3, -0.25) is 0 Å². The summed E-state index contributed by atoms with van der Waals surface area (Å²) in [5.74, 6) is 1.40. The Morgan fingerprint density at radius 2 is 1.94 bits per heavy atom. The molecule has 4 rings (SSSR count). The Labute approximate surface area is 198 Å². The predicted molar refractivity (Wildman–Crippen MR) is 132 cm³/mol. The number of nitrogens with zero attached hydrogens (tertiary/aromatic N) is 3. The summed E-state index contributed by atoms with van der Waals surface area (Å²) in [4.78, 5) is 17.7. The van der Waals surface area contributed by atoms with Gasteiger partial charge in [0, 0.05) is 11.4 Å². The Kier molecular flexibility index (Phi) is 6.99. The van der Waals surface area contributed by atoms with Crippen molar-refractivity contribution in [2.24, 2.45) is 0 Å². The molecule has 1 aromatic heterocycles. The van der Waals surface area contributed by atoms with Crippen molar-refractivity contribution in [3.8, 4) is 0 Å². The Morgan fingerprint density at radius 3 is 2.61 bits per heavy atom. The molecule has 1 unspecified atom stereocenters. The molecule has 33 heavy (non-hydrogen) atoms. The number of hydrogen-bond donors (Lipinski definition) is 1. The van der Waals surface area contributed by atoms with Crippen LogP contribution in [-0.4, -0.2) is 27.3 Å². The topological polar surface area (TPSA) is 69.0 Å². The van der Waals surface area contributed by atoms with E-state index in [1.165, 1.54) is 11.1 Å². The number of ether oxygens (including phenoxy) is 1. The van der Waals surface area contributed by atoms with Crippen LogP contribution in [0.2, 0.25) is 0 Å². The van der Waals surface area contributed by atoms with Crippen LogP contribution in [0.15, 0.2) is 83.7 Å². The maximum atomic E-state index is 13.0. The lowest BCUT2D eigenvalue weighted by Crippen LogP contribution is -2.29. The second kappa shape index (κ2) is 10.1. The van der Waals surface area contributed by atoms with Crippen LogP contribution >= 0.6 is 11.8 Å². The highest BCUT2D eigenvalue weighted by atomic mass is 32.2. The first kappa shape index (κ1) is 22.9. The minimum atomic E-state index is -0.432. The van der Waals surface area contributed by atoms with Crippen molar-refractivity contribution in [1.29, 1.82) is 0 Å². The maximum absolute atomic E-state index is 13.0. The molecule has 6 nitrogen and oxygen atoms in total. The van der Waals surface area contributed by atoms with Gasteiger partial charge < -0.3 is 10.1 Å². The van der Waals surface area contributed by atoms with Crippen LogP contribution in [0, 0.1) is 0 Å². The van der Waals surface area contributed by atoms with Crippen LogP contribution in [0.5, 0.6) is 0 Å². The number of carbonyl (C=O) groups is 1. The fourth-order valence-corrected chi connectivity index (χ4v) is 4.55. The van der Waals surface area contributed by atoms with E-state index in [-0.39, 0.29) is 6.61 Å². The van der Waals surface area contributed by atoms with Crippen LogP contribution in [0.1, 0.15) is 49.4 Å². The van der Waals surface area contributed by atoms with Crippen LogP contribution in [0.3, 0.4) is 0 Å². The molecule has 170 valence electrons. The Morgan fingerprint density at radius 1 is 1.21 bits per heavy atom. The molecule has 1 atom stereocenters. The van der Waals surface area contributed by atoms with Gasteiger partial charge in [0.05, 0.1) is 5.57 Å². The number of benzene rings is 2. The summed E-state index contributed by atoms with van der Waals surface area (Å²) in [6.07, 6.45) is 1.57. The smallest absolute Gasteiger partial charge is 0.338 e. The third kappa shape index (κ3) is 5.03. The second-order valence-electron chi connectivity index (χ2n) is 8.21. The van der Waals surface area contributed by atoms with Gasteiger partial charge in [-0.1, -0.05) is 92.9 Å². The number of carbonyl (C=O) groups excluding carboxylic acids is 1.